The second kappa shape index (κ2) is 9.88. The fraction of sp³-hybridized carbons (Fsp3) is 0.963. The van der Waals surface area contributed by atoms with E-state index in [2.05, 4.69) is 33.0 Å². The highest BCUT2D eigenvalue weighted by Crippen LogP contribution is 2.69. The predicted octanol–water partition coefficient (Wildman–Crippen LogP) is 3.99. The van der Waals surface area contributed by atoms with Gasteiger partial charge in [0.15, 0.2) is 0 Å². The topological polar surface area (TPSA) is 124 Å². The molecule has 7 nitrogen and oxygen atoms in total. The Morgan fingerprint density at radius 1 is 1.03 bits per heavy atom. The number of amides is 1. The zero-order chi connectivity index (χ0) is 25.8. The molecule has 11 atom stereocenters. The van der Waals surface area contributed by atoms with E-state index in [1.165, 1.54) is 0 Å². The molecule has 0 saturated heterocycles. The van der Waals surface area contributed by atoms with Gasteiger partial charge in [0.25, 0.3) is 10.1 Å². The fourth-order valence-corrected chi connectivity index (χ4v) is 10.1. The van der Waals surface area contributed by atoms with Crippen LogP contribution in [0.2, 0.25) is 0 Å². The molecule has 4 rings (SSSR count). The van der Waals surface area contributed by atoms with Gasteiger partial charge in [-0.1, -0.05) is 34.1 Å². The van der Waals surface area contributed by atoms with Crippen molar-refractivity contribution < 1.29 is 28.0 Å². The van der Waals surface area contributed by atoms with Gasteiger partial charge in [0, 0.05) is 6.42 Å². The maximum Gasteiger partial charge on any atom is 0.283 e. The molecule has 5 unspecified atom stereocenters. The minimum absolute atomic E-state index is 0.141. The fourth-order valence-electron chi connectivity index (χ4n) is 9.75. The highest BCUT2D eigenvalue weighted by molar-refractivity contribution is 7.85. The Labute approximate surface area is 211 Å². The summed E-state index contributed by atoms with van der Waals surface area (Å²) in [6.07, 6.45) is 8.65. The minimum Gasteiger partial charge on any atom is -0.393 e. The normalized spacial score (nSPS) is 46.3. The summed E-state index contributed by atoms with van der Waals surface area (Å²) in [5.74, 6) is 1.68. The Morgan fingerprint density at radius 2 is 1.69 bits per heavy atom. The average molecular weight is 514 g/mol. The standard InChI is InChI=1S/C27H47NO6S/c1-5-18-22-14-17(29)10-12-27(22,4)21-11-13-26(3)19(7-8-20(26)24(21)25(18)31)16(2)6-9-23(30)28-15-35(32,33)34/h16-22,24-25,29,31H,5-15H2,1-4H3,(H,28,30)(H,32,33,34)/t16-,17-,18-,19?,20?,21?,22+,24?,25?,26-,27-/m1/s1. The van der Waals surface area contributed by atoms with Gasteiger partial charge >= 0.3 is 0 Å². The number of carbonyl (C=O) groups is 1. The van der Waals surface area contributed by atoms with Crippen molar-refractivity contribution in [2.75, 3.05) is 5.88 Å². The van der Waals surface area contributed by atoms with Gasteiger partial charge in [-0.25, -0.2) is 0 Å². The third-order valence-corrected chi connectivity index (χ3v) is 11.9. The number of fused-ring (bicyclic) bond motifs is 5. The molecule has 0 heterocycles. The highest BCUT2D eigenvalue weighted by atomic mass is 32.2. The first kappa shape index (κ1) is 27.3. The molecule has 0 aromatic heterocycles. The number of nitrogens with one attached hydrogen (secondary N) is 1. The molecule has 0 aromatic rings. The maximum absolute atomic E-state index is 12.1. The Balaban J connectivity index is 1.48. The van der Waals surface area contributed by atoms with Crippen LogP contribution in [-0.4, -0.2) is 47.2 Å². The lowest BCUT2D eigenvalue weighted by atomic mass is 9.41. The number of hydrogen-bond donors (Lipinski definition) is 4. The third-order valence-electron chi connectivity index (χ3n) is 11.4. The number of hydrogen-bond acceptors (Lipinski definition) is 5. The quantitative estimate of drug-likeness (QED) is 0.382. The summed E-state index contributed by atoms with van der Waals surface area (Å²) in [7, 11) is -4.21. The number of aliphatic hydroxyl groups is 2. The van der Waals surface area contributed by atoms with Gasteiger partial charge in [0.05, 0.1) is 12.2 Å². The SMILES string of the molecule is CC[C@H]1C(O)C2C3CCC([C@H](C)CCC(=O)NCS(=O)(=O)O)[C@@]3(C)CCC2[C@@]2(C)CC[C@@H](O)C[C@@H]12. The first-order valence-electron chi connectivity index (χ1n) is 13.9. The molecule has 0 aliphatic heterocycles. The van der Waals surface area contributed by atoms with E-state index >= 15 is 0 Å². The summed E-state index contributed by atoms with van der Waals surface area (Å²) in [6, 6.07) is 0. The van der Waals surface area contributed by atoms with Gasteiger partial charge in [-0.2, -0.15) is 8.42 Å². The Hall–Kier alpha value is -0.700. The predicted molar refractivity (Wildman–Crippen MR) is 135 cm³/mol. The first-order valence-corrected chi connectivity index (χ1v) is 15.5. The van der Waals surface area contributed by atoms with Crippen LogP contribution in [0, 0.1) is 52.3 Å². The van der Waals surface area contributed by atoms with Crippen LogP contribution in [0.4, 0.5) is 0 Å². The van der Waals surface area contributed by atoms with E-state index in [-0.39, 0.29) is 41.3 Å². The second-order valence-corrected chi connectivity index (χ2v) is 14.4. The first-order chi connectivity index (χ1) is 16.3. The van der Waals surface area contributed by atoms with E-state index in [4.69, 9.17) is 4.55 Å². The molecule has 0 bridgehead atoms. The number of carbonyl (C=O) groups excluding carboxylic acids is 1. The van der Waals surface area contributed by atoms with Crippen LogP contribution in [0.3, 0.4) is 0 Å². The van der Waals surface area contributed by atoms with Crippen LogP contribution in [0.1, 0.15) is 91.9 Å². The molecule has 35 heavy (non-hydrogen) atoms. The minimum atomic E-state index is -4.21. The molecular formula is C27H47NO6S. The Morgan fingerprint density at radius 3 is 2.34 bits per heavy atom. The van der Waals surface area contributed by atoms with Crippen molar-refractivity contribution in [3.63, 3.8) is 0 Å². The molecule has 0 radical (unpaired) electrons. The molecular weight excluding hydrogens is 466 g/mol. The lowest BCUT2D eigenvalue weighted by Gasteiger charge is -2.64. The van der Waals surface area contributed by atoms with Crippen LogP contribution in [0.25, 0.3) is 0 Å². The molecule has 8 heteroatoms. The van der Waals surface area contributed by atoms with E-state index in [0.29, 0.717) is 41.9 Å². The molecule has 4 saturated carbocycles. The smallest absolute Gasteiger partial charge is 0.283 e. The van der Waals surface area contributed by atoms with Crippen molar-refractivity contribution in [3.05, 3.63) is 0 Å². The lowest BCUT2D eigenvalue weighted by molar-refractivity contribution is -0.203. The summed E-state index contributed by atoms with van der Waals surface area (Å²) >= 11 is 0. The highest BCUT2D eigenvalue weighted by Gasteiger charge is 2.64. The van der Waals surface area contributed by atoms with Gasteiger partial charge in [-0.3, -0.25) is 9.35 Å². The van der Waals surface area contributed by atoms with Crippen molar-refractivity contribution >= 4 is 16.0 Å². The zero-order valence-electron chi connectivity index (χ0n) is 21.9. The third kappa shape index (κ3) is 4.94. The molecule has 4 aliphatic rings. The Kier molecular flexibility index (Phi) is 7.72. The molecule has 0 aromatic carbocycles. The van der Waals surface area contributed by atoms with Crippen molar-refractivity contribution in [1.82, 2.24) is 5.32 Å². The van der Waals surface area contributed by atoms with Crippen LogP contribution in [0.15, 0.2) is 0 Å². The van der Waals surface area contributed by atoms with Gasteiger partial charge in [0.1, 0.15) is 5.88 Å². The van der Waals surface area contributed by atoms with Crippen molar-refractivity contribution in [1.29, 1.82) is 0 Å². The molecule has 1 amide bonds. The van der Waals surface area contributed by atoms with Crippen molar-refractivity contribution in [2.24, 2.45) is 52.3 Å². The largest absolute Gasteiger partial charge is 0.393 e. The second-order valence-electron chi connectivity index (χ2n) is 13.0. The van der Waals surface area contributed by atoms with Crippen LogP contribution in [0.5, 0.6) is 0 Å². The zero-order valence-corrected chi connectivity index (χ0v) is 22.8. The van der Waals surface area contributed by atoms with Crippen LogP contribution < -0.4 is 5.32 Å². The van der Waals surface area contributed by atoms with E-state index in [1.807, 2.05) is 0 Å². The number of aliphatic hydroxyl groups excluding tert-OH is 2. The molecule has 4 N–H and O–H groups in total. The summed E-state index contributed by atoms with van der Waals surface area (Å²) in [4.78, 5) is 12.1. The van der Waals surface area contributed by atoms with Crippen molar-refractivity contribution in [3.8, 4) is 0 Å². The van der Waals surface area contributed by atoms with Gasteiger partial charge in [0.2, 0.25) is 5.91 Å². The van der Waals surface area contributed by atoms with E-state index < -0.39 is 16.0 Å². The van der Waals surface area contributed by atoms with E-state index in [1.54, 1.807) is 0 Å². The molecule has 4 fully saturated rings. The van der Waals surface area contributed by atoms with Gasteiger partial charge in [-0.15, -0.1) is 0 Å². The maximum atomic E-state index is 12.1. The van der Waals surface area contributed by atoms with Crippen LogP contribution >= 0.6 is 0 Å². The van der Waals surface area contributed by atoms with Gasteiger partial charge in [-0.05, 0) is 104 Å². The van der Waals surface area contributed by atoms with Crippen molar-refractivity contribution in [2.45, 2.75) is 104 Å². The van der Waals surface area contributed by atoms with E-state index in [9.17, 15) is 23.4 Å². The summed E-state index contributed by atoms with van der Waals surface area (Å²) < 4.78 is 30.7. The monoisotopic (exact) mass is 513 g/mol. The lowest BCUT2D eigenvalue weighted by Crippen LogP contribution is -2.62. The molecule has 202 valence electrons. The molecule has 4 aliphatic carbocycles. The van der Waals surface area contributed by atoms with Gasteiger partial charge < -0.3 is 15.5 Å². The average Bonchev–Trinajstić information content (AvgIpc) is 3.14. The number of rotatable bonds is 7. The van der Waals surface area contributed by atoms with E-state index in [0.717, 1.165) is 51.4 Å². The summed E-state index contributed by atoms with van der Waals surface area (Å²) in [6.45, 7) is 9.29. The molecule has 0 spiro atoms. The Bertz CT molecular complexity index is 894. The van der Waals surface area contributed by atoms with Crippen LogP contribution in [-0.2, 0) is 14.9 Å². The summed E-state index contributed by atoms with van der Waals surface area (Å²) in [5, 5.41) is 24.5. The summed E-state index contributed by atoms with van der Waals surface area (Å²) in [5.41, 5.74) is 0.335.